The highest BCUT2D eigenvalue weighted by Crippen LogP contribution is 2.35. The first-order valence-corrected chi connectivity index (χ1v) is 9.86. The molecule has 1 aliphatic heterocycles. The molecule has 0 atom stereocenters. The molecular weight excluding hydrogens is 393 g/mol. The number of aryl methyl sites for hydroxylation is 1. The molecule has 0 saturated carbocycles. The lowest BCUT2D eigenvalue weighted by molar-refractivity contribution is -0.120. The smallest absolute Gasteiger partial charge is 0.282 e. The van der Waals surface area contributed by atoms with Crippen molar-refractivity contribution in [2.24, 2.45) is 0 Å². The van der Waals surface area contributed by atoms with Crippen molar-refractivity contribution >= 4 is 34.4 Å². The molecule has 1 aliphatic rings. The molecule has 4 rings (SSSR count). The average molecular weight is 415 g/mol. The van der Waals surface area contributed by atoms with Crippen molar-refractivity contribution in [1.29, 1.82) is 0 Å². The van der Waals surface area contributed by atoms with Crippen molar-refractivity contribution in [2.75, 3.05) is 29.2 Å². The number of nitrogens with zero attached hydrogens (tertiary/aromatic N) is 2. The number of rotatable bonds is 5. The third-order valence-electron chi connectivity index (χ3n) is 5.23. The Morgan fingerprint density at radius 3 is 2.26 bits per heavy atom. The first-order valence-electron chi connectivity index (χ1n) is 9.86. The van der Waals surface area contributed by atoms with Crippen LogP contribution in [-0.2, 0) is 9.59 Å². The molecule has 156 valence electrons. The van der Waals surface area contributed by atoms with E-state index in [1.54, 1.807) is 18.2 Å². The lowest BCUT2D eigenvalue weighted by Gasteiger charge is -2.19. The summed E-state index contributed by atoms with van der Waals surface area (Å²) in [6, 6.07) is 20.3. The molecule has 0 aromatic heterocycles. The zero-order valence-corrected chi connectivity index (χ0v) is 17.5. The highest BCUT2D eigenvalue weighted by atomic mass is 19.1. The van der Waals surface area contributed by atoms with Gasteiger partial charge in [-0.15, -0.1) is 0 Å². The van der Waals surface area contributed by atoms with E-state index < -0.39 is 17.6 Å². The van der Waals surface area contributed by atoms with Gasteiger partial charge in [0.05, 0.1) is 11.3 Å². The number of carbonyl (C=O) groups excluding carboxylic acids is 2. The van der Waals surface area contributed by atoms with E-state index >= 15 is 0 Å². The summed E-state index contributed by atoms with van der Waals surface area (Å²) in [6.07, 6.45) is 0. The average Bonchev–Trinajstić information content (AvgIpc) is 3.00. The van der Waals surface area contributed by atoms with Gasteiger partial charge < -0.3 is 10.2 Å². The number of amides is 2. The Balaban J connectivity index is 1.83. The van der Waals surface area contributed by atoms with Gasteiger partial charge in [-0.2, -0.15) is 0 Å². The van der Waals surface area contributed by atoms with Crippen molar-refractivity contribution in [1.82, 2.24) is 0 Å². The predicted octanol–water partition coefficient (Wildman–Crippen LogP) is 4.60. The van der Waals surface area contributed by atoms with Crippen molar-refractivity contribution in [3.63, 3.8) is 0 Å². The number of carbonyl (C=O) groups is 2. The number of imide groups is 1. The van der Waals surface area contributed by atoms with E-state index in [0.717, 1.165) is 21.8 Å². The third kappa shape index (κ3) is 3.80. The maximum Gasteiger partial charge on any atom is 0.282 e. The fourth-order valence-corrected chi connectivity index (χ4v) is 3.52. The van der Waals surface area contributed by atoms with E-state index in [9.17, 15) is 14.0 Å². The van der Waals surface area contributed by atoms with Crippen molar-refractivity contribution in [3.05, 3.63) is 95.4 Å². The third-order valence-corrected chi connectivity index (χ3v) is 5.23. The van der Waals surface area contributed by atoms with Crippen LogP contribution in [0, 0.1) is 12.7 Å². The van der Waals surface area contributed by atoms with Crippen LogP contribution in [0.5, 0.6) is 0 Å². The summed E-state index contributed by atoms with van der Waals surface area (Å²) < 4.78 is 13.5. The van der Waals surface area contributed by atoms with Gasteiger partial charge in [0.2, 0.25) is 0 Å². The highest BCUT2D eigenvalue weighted by Gasteiger charge is 2.40. The molecule has 5 nitrogen and oxygen atoms in total. The van der Waals surface area contributed by atoms with Gasteiger partial charge in [0.25, 0.3) is 11.8 Å². The number of nitrogens with one attached hydrogen (secondary N) is 1. The minimum atomic E-state index is -0.455. The Labute approximate surface area is 180 Å². The Bertz CT molecular complexity index is 1200. The van der Waals surface area contributed by atoms with E-state index in [2.05, 4.69) is 5.32 Å². The van der Waals surface area contributed by atoms with Crippen LogP contribution in [0.15, 0.2) is 78.5 Å². The number of halogens is 1. The van der Waals surface area contributed by atoms with Crippen molar-refractivity contribution in [3.8, 4) is 0 Å². The topological polar surface area (TPSA) is 52.7 Å². The monoisotopic (exact) mass is 415 g/mol. The van der Waals surface area contributed by atoms with E-state index in [4.69, 9.17) is 0 Å². The number of hydrogen-bond acceptors (Lipinski definition) is 4. The summed E-state index contributed by atoms with van der Waals surface area (Å²) in [6.45, 7) is 1.92. The number of benzene rings is 3. The second kappa shape index (κ2) is 8.07. The Morgan fingerprint density at radius 2 is 1.58 bits per heavy atom. The van der Waals surface area contributed by atoms with E-state index in [-0.39, 0.29) is 11.3 Å². The Hall–Kier alpha value is -3.93. The van der Waals surface area contributed by atoms with Crippen LogP contribution in [0.4, 0.5) is 21.5 Å². The van der Waals surface area contributed by atoms with Gasteiger partial charge in [-0.3, -0.25) is 9.59 Å². The molecule has 6 heteroatoms. The maximum atomic E-state index is 13.5. The molecule has 31 heavy (non-hydrogen) atoms. The number of anilines is 3. The molecule has 1 N–H and O–H groups in total. The summed E-state index contributed by atoms with van der Waals surface area (Å²) in [7, 11) is 3.78. The molecule has 3 aromatic carbocycles. The fourth-order valence-electron chi connectivity index (χ4n) is 3.52. The maximum absolute atomic E-state index is 13.5. The molecule has 1 heterocycles. The van der Waals surface area contributed by atoms with Gasteiger partial charge in [0, 0.05) is 25.5 Å². The van der Waals surface area contributed by atoms with Crippen LogP contribution in [0.25, 0.3) is 5.57 Å². The molecule has 0 spiro atoms. The highest BCUT2D eigenvalue weighted by molar-refractivity contribution is 6.46. The molecule has 0 fully saturated rings. The summed E-state index contributed by atoms with van der Waals surface area (Å²) in [4.78, 5) is 30.0. The lowest BCUT2D eigenvalue weighted by atomic mass is 10.0. The van der Waals surface area contributed by atoms with Gasteiger partial charge in [0.1, 0.15) is 11.5 Å². The van der Waals surface area contributed by atoms with Crippen LogP contribution < -0.4 is 15.1 Å². The number of para-hydroxylation sites is 1. The van der Waals surface area contributed by atoms with Crippen LogP contribution in [0.2, 0.25) is 0 Å². The summed E-state index contributed by atoms with van der Waals surface area (Å²) in [5, 5.41) is 3.15. The van der Waals surface area contributed by atoms with Crippen LogP contribution in [0.1, 0.15) is 11.1 Å². The fraction of sp³-hybridized carbons (Fsp3) is 0.120. The zero-order valence-electron chi connectivity index (χ0n) is 17.5. The number of hydrogen-bond donors (Lipinski definition) is 1. The van der Waals surface area contributed by atoms with Gasteiger partial charge in [0.15, 0.2) is 0 Å². The van der Waals surface area contributed by atoms with Crippen LogP contribution >= 0.6 is 0 Å². The summed E-state index contributed by atoms with van der Waals surface area (Å²) in [5.74, 6) is -1.32. The minimum absolute atomic E-state index is 0.168. The van der Waals surface area contributed by atoms with Crippen molar-refractivity contribution < 1.29 is 14.0 Å². The zero-order chi connectivity index (χ0) is 22.1. The predicted molar refractivity (Wildman–Crippen MR) is 121 cm³/mol. The van der Waals surface area contributed by atoms with Gasteiger partial charge in [-0.25, -0.2) is 9.29 Å². The van der Waals surface area contributed by atoms with E-state index in [1.165, 1.54) is 24.3 Å². The normalized spacial score (nSPS) is 13.7. The van der Waals surface area contributed by atoms with Gasteiger partial charge in [-0.05, 0) is 54.4 Å². The molecule has 0 bridgehead atoms. The largest absolute Gasteiger partial charge is 0.378 e. The van der Waals surface area contributed by atoms with E-state index in [0.29, 0.717) is 11.3 Å². The quantitative estimate of drug-likeness (QED) is 0.619. The van der Waals surface area contributed by atoms with Crippen LogP contribution in [0.3, 0.4) is 0 Å². The summed E-state index contributed by atoms with van der Waals surface area (Å²) in [5.41, 5.74) is 3.85. The molecular formula is C25H22FN3O2. The molecule has 3 aromatic rings. The lowest BCUT2D eigenvalue weighted by Crippen LogP contribution is -2.32. The van der Waals surface area contributed by atoms with Gasteiger partial charge >= 0.3 is 0 Å². The molecule has 0 unspecified atom stereocenters. The minimum Gasteiger partial charge on any atom is -0.378 e. The summed E-state index contributed by atoms with van der Waals surface area (Å²) >= 11 is 0. The molecule has 0 radical (unpaired) electrons. The molecule has 2 amide bonds. The molecule has 0 aliphatic carbocycles. The Morgan fingerprint density at radius 1 is 0.871 bits per heavy atom. The standard InChI is InChI=1S/C25H22FN3O2/c1-16-7-4-5-10-21(16)27-23-22(17-11-13-18(26)14-12-17)24(30)29(25(23)31)20-9-6-8-19(15-20)28(2)3/h4-15,27H,1-3H3. The SMILES string of the molecule is Cc1ccccc1NC1=C(c2ccc(F)cc2)C(=O)N(c2cccc(N(C)C)c2)C1=O. The van der Waals surface area contributed by atoms with Gasteiger partial charge in [-0.1, -0.05) is 36.4 Å². The molecule has 0 saturated heterocycles. The second-order valence-corrected chi connectivity index (χ2v) is 7.56. The Kier molecular flexibility index (Phi) is 5.29. The van der Waals surface area contributed by atoms with Crippen LogP contribution in [-0.4, -0.2) is 25.9 Å². The first kappa shape index (κ1) is 20.3. The van der Waals surface area contributed by atoms with E-state index in [1.807, 2.05) is 56.3 Å². The second-order valence-electron chi connectivity index (χ2n) is 7.56. The first-order chi connectivity index (χ1) is 14.9. The van der Waals surface area contributed by atoms with Crippen molar-refractivity contribution in [2.45, 2.75) is 6.92 Å².